The molecule has 0 saturated carbocycles. The van der Waals surface area contributed by atoms with Crippen molar-refractivity contribution in [2.45, 2.75) is 59.3 Å². The molecule has 4 N–H and O–H groups in total. The molecule has 3 aliphatic heterocycles. The molecule has 5 atom stereocenters. The molecule has 2 aromatic carbocycles. The predicted octanol–water partition coefficient (Wildman–Crippen LogP) is 2.55. The quantitative estimate of drug-likeness (QED) is 0.374. The lowest BCUT2D eigenvalue weighted by Gasteiger charge is -2.41. The molecular formula is C28H36F3N3O5S. The number of benzene rings is 2. The lowest BCUT2D eigenvalue weighted by Crippen LogP contribution is -2.59. The number of fused-ring (bicyclic) bond motifs is 2. The number of halogens is 3. The maximum atomic E-state index is 13.5. The lowest BCUT2D eigenvalue weighted by atomic mass is 9.93. The van der Waals surface area contributed by atoms with E-state index in [1.807, 2.05) is 29.2 Å². The molecule has 2 fully saturated rings. The Balaban J connectivity index is 1.13. The highest BCUT2D eigenvalue weighted by atomic mass is 32.2. The van der Waals surface area contributed by atoms with E-state index in [4.69, 9.17) is 4.74 Å². The standard InChI is InChI=1S/C28H36F3N3O5S/c29-28(30,31)18-6-7-24-20(16-18)34(19-4-1-2-5-23(19)40-24)10-3-9-32-12-14-33(15-13-32)11-8-21-25(36)27(38)26(37)22(17-35)39-21/h1-2,4-7,16,21-22,25-27,35-38H,3,8-15,17H2/t21-,22-,25+,26-,27-/m1/s1. The first-order chi connectivity index (χ1) is 19.2. The van der Waals surface area contributed by atoms with E-state index in [-0.39, 0.29) is 0 Å². The minimum absolute atomic E-state index is 0.433. The molecule has 0 aliphatic carbocycles. The maximum Gasteiger partial charge on any atom is 0.416 e. The van der Waals surface area contributed by atoms with E-state index >= 15 is 0 Å². The molecule has 0 radical (unpaired) electrons. The van der Waals surface area contributed by atoms with Crippen LogP contribution < -0.4 is 4.90 Å². The Bertz CT molecular complexity index is 1150. The molecule has 0 spiro atoms. The second kappa shape index (κ2) is 12.5. The van der Waals surface area contributed by atoms with Crippen LogP contribution in [0.4, 0.5) is 24.5 Å². The van der Waals surface area contributed by atoms with Crippen molar-refractivity contribution in [3.63, 3.8) is 0 Å². The highest BCUT2D eigenvalue weighted by molar-refractivity contribution is 7.99. The molecule has 3 aliphatic rings. The summed E-state index contributed by atoms with van der Waals surface area (Å²) in [6.45, 7) is 4.96. The predicted molar refractivity (Wildman–Crippen MR) is 145 cm³/mol. The summed E-state index contributed by atoms with van der Waals surface area (Å²) in [7, 11) is 0. The van der Waals surface area contributed by atoms with Crippen LogP contribution in [0.3, 0.4) is 0 Å². The average molecular weight is 584 g/mol. The zero-order valence-corrected chi connectivity index (χ0v) is 22.9. The monoisotopic (exact) mass is 583 g/mol. The van der Waals surface area contributed by atoms with Gasteiger partial charge in [-0.2, -0.15) is 13.2 Å². The fraction of sp³-hybridized carbons (Fsp3) is 0.571. The number of nitrogens with zero attached hydrogens (tertiary/aromatic N) is 3. The first-order valence-corrected chi connectivity index (χ1v) is 14.5. The van der Waals surface area contributed by atoms with Crippen molar-refractivity contribution in [3.05, 3.63) is 48.0 Å². The number of para-hydroxylation sites is 1. The number of ether oxygens (including phenoxy) is 1. The molecule has 2 saturated heterocycles. The Morgan fingerprint density at radius 3 is 2.15 bits per heavy atom. The van der Waals surface area contributed by atoms with Crippen molar-refractivity contribution in [3.8, 4) is 0 Å². The third kappa shape index (κ3) is 6.44. The fourth-order valence-corrected chi connectivity index (χ4v) is 6.74. The summed E-state index contributed by atoms with van der Waals surface area (Å²) < 4.78 is 46.0. The van der Waals surface area contributed by atoms with Gasteiger partial charge in [-0.15, -0.1) is 0 Å². The summed E-state index contributed by atoms with van der Waals surface area (Å²) in [6, 6.07) is 11.8. The van der Waals surface area contributed by atoms with E-state index in [0.29, 0.717) is 25.2 Å². The molecule has 0 aromatic heterocycles. The van der Waals surface area contributed by atoms with Gasteiger partial charge < -0.3 is 39.9 Å². The molecule has 0 bridgehead atoms. The second-order valence-electron chi connectivity index (χ2n) is 10.6. The second-order valence-corrected chi connectivity index (χ2v) is 11.7. The summed E-state index contributed by atoms with van der Waals surface area (Å²) in [6.07, 6.45) is -8.62. The van der Waals surface area contributed by atoms with Gasteiger partial charge in [0.25, 0.3) is 0 Å². The molecule has 2 aromatic rings. The molecule has 8 nitrogen and oxygen atoms in total. The van der Waals surface area contributed by atoms with Crippen molar-refractivity contribution >= 4 is 23.1 Å². The smallest absolute Gasteiger partial charge is 0.394 e. The lowest BCUT2D eigenvalue weighted by molar-refractivity contribution is -0.230. The van der Waals surface area contributed by atoms with Crippen molar-refractivity contribution in [2.24, 2.45) is 0 Å². The number of anilines is 2. The molecule has 0 amide bonds. The van der Waals surface area contributed by atoms with Crippen molar-refractivity contribution in [2.75, 3.05) is 57.3 Å². The minimum atomic E-state index is -4.40. The molecule has 40 heavy (non-hydrogen) atoms. The number of piperazine rings is 1. The maximum absolute atomic E-state index is 13.5. The molecular weight excluding hydrogens is 547 g/mol. The van der Waals surface area contributed by atoms with Gasteiger partial charge in [-0.05, 0) is 49.7 Å². The van der Waals surface area contributed by atoms with E-state index < -0.39 is 48.9 Å². The number of hydrogen-bond acceptors (Lipinski definition) is 9. The van der Waals surface area contributed by atoms with Crippen LogP contribution in [0.2, 0.25) is 0 Å². The number of aliphatic hydroxyl groups excluding tert-OH is 4. The summed E-state index contributed by atoms with van der Waals surface area (Å²) in [5.74, 6) is 0. The van der Waals surface area contributed by atoms with Crippen LogP contribution in [-0.2, 0) is 10.9 Å². The van der Waals surface area contributed by atoms with E-state index in [9.17, 15) is 33.6 Å². The molecule has 0 unspecified atom stereocenters. The van der Waals surface area contributed by atoms with E-state index in [1.165, 1.54) is 17.8 Å². The van der Waals surface area contributed by atoms with Gasteiger partial charge in [-0.3, -0.25) is 0 Å². The summed E-state index contributed by atoms with van der Waals surface area (Å²) >= 11 is 1.50. The summed E-state index contributed by atoms with van der Waals surface area (Å²) in [5, 5.41) is 39.6. The Hall–Kier alpha value is -1.90. The number of alkyl halides is 3. The topological polar surface area (TPSA) is 99.9 Å². The first-order valence-electron chi connectivity index (χ1n) is 13.7. The van der Waals surface area contributed by atoms with Crippen LogP contribution in [-0.4, -0.2) is 113 Å². The van der Waals surface area contributed by atoms with E-state index in [1.54, 1.807) is 6.07 Å². The number of aliphatic hydroxyl groups is 4. The Morgan fingerprint density at radius 1 is 0.800 bits per heavy atom. The SMILES string of the molecule is OC[C@H]1O[C@H](CCN2CCN(CCCN3c4ccccc4Sc4ccc(C(F)(F)F)cc43)CC2)[C@H](O)[C@@H](O)[C@@H]1O. The average Bonchev–Trinajstić information content (AvgIpc) is 2.95. The summed E-state index contributed by atoms with van der Waals surface area (Å²) in [5.41, 5.74) is 0.880. The van der Waals surface area contributed by atoms with Gasteiger partial charge in [-0.25, -0.2) is 0 Å². The van der Waals surface area contributed by atoms with Gasteiger partial charge in [0, 0.05) is 49.1 Å². The minimum Gasteiger partial charge on any atom is -0.394 e. The molecule has 12 heteroatoms. The Kier molecular flexibility index (Phi) is 9.27. The molecule has 220 valence electrons. The normalized spacial score (nSPS) is 27.9. The largest absolute Gasteiger partial charge is 0.416 e. The highest BCUT2D eigenvalue weighted by Crippen LogP contribution is 2.49. The van der Waals surface area contributed by atoms with Gasteiger partial charge in [0.15, 0.2) is 0 Å². The number of rotatable bonds is 8. The molecule has 3 heterocycles. The van der Waals surface area contributed by atoms with Gasteiger partial charge in [-0.1, -0.05) is 23.9 Å². The van der Waals surface area contributed by atoms with Gasteiger partial charge >= 0.3 is 6.18 Å². The molecule has 5 rings (SSSR count). The van der Waals surface area contributed by atoms with Gasteiger partial charge in [0.1, 0.15) is 24.4 Å². The third-order valence-electron chi connectivity index (χ3n) is 8.00. The highest BCUT2D eigenvalue weighted by Gasteiger charge is 2.43. The number of hydrogen-bond donors (Lipinski definition) is 4. The zero-order valence-electron chi connectivity index (χ0n) is 22.1. The zero-order chi connectivity index (χ0) is 28.4. The van der Waals surface area contributed by atoms with Crippen LogP contribution in [0.15, 0.2) is 52.3 Å². The van der Waals surface area contributed by atoms with Crippen LogP contribution in [0.5, 0.6) is 0 Å². The third-order valence-corrected chi connectivity index (χ3v) is 9.13. The van der Waals surface area contributed by atoms with Crippen LogP contribution in [0.25, 0.3) is 0 Å². The Morgan fingerprint density at radius 2 is 1.45 bits per heavy atom. The van der Waals surface area contributed by atoms with Crippen LogP contribution in [0, 0.1) is 0 Å². The van der Waals surface area contributed by atoms with Crippen molar-refractivity contribution in [1.29, 1.82) is 0 Å². The Labute approximate surface area is 235 Å². The summed E-state index contributed by atoms with van der Waals surface area (Å²) in [4.78, 5) is 8.46. The fourth-order valence-electron chi connectivity index (χ4n) is 5.66. The van der Waals surface area contributed by atoms with E-state index in [2.05, 4.69) is 9.80 Å². The van der Waals surface area contributed by atoms with Crippen LogP contribution >= 0.6 is 11.8 Å². The first kappa shape index (κ1) is 29.6. The van der Waals surface area contributed by atoms with Gasteiger partial charge in [0.05, 0.1) is 29.6 Å². The van der Waals surface area contributed by atoms with E-state index in [0.717, 1.165) is 60.7 Å². The van der Waals surface area contributed by atoms with Crippen LogP contribution in [0.1, 0.15) is 18.4 Å². The van der Waals surface area contributed by atoms with Crippen molar-refractivity contribution < 1.29 is 38.3 Å². The van der Waals surface area contributed by atoms with Gasteiger partial charge in [0.2, 0.25) is 0 Å². The van der Waals surface area contributed by atoms with Crippen molar-refractivity contribution in [1.82, 2.24) is 9.80 Å².